The van der Waals surface area contributed by atoms with Gasteiger partial charge in [0.15, 0.2) is 0 Å². The van der Waals surface area contributed by atoms with Gasteiger partial charge in [0.1, 0.15) is 12.5 Å². The Morgan fingerprint density at radius 2 is 2.25 bits per heavy atom. The number of hydrogen-bond acceptors (Lipinski definition) is 4. The molecule has 0 aliphatic rings. The van der Waals surface area contributed by atoms with Crippen LogP contribution in [0.4, 0.5) is 10.2 Å². The first kappa shape index (κ1) is 12.5. The number of rotatable bonds is 3. The van der Waals surface area contributed by atoms with Gasteiger partial charge in [-0.3, -0.25) is 9.78 Å². The van der Waals surface area contributed by atoms with E-state index in [0.29, 0.717) is 22.1 Å². The van der Waals surface area contributed by atoms with Crippen molar-refractivity contribution >= 4 is 27.5 Å². The molecule has 20 heavy (non-hydrogen) atoms. The Kier molecular flexibility index (Phi) is 3.06. The Balaban J connectivity index is 2.45. The molecular formula is C14H13FN4O. The third-order valence-corrected chi connectivity index (χ3v) is 3.21. The highest BCUT2D eigenvalue weighted by molar-refractivity contribution is 6.09. The van der Waals surface area contributed by atoms with Gasteiger partial charge in [-0.25, -0.2) is 9.37 Å². The molecule has 0 fully saturated rings. The normalized spacial score (nSPS) is 11.1. The monoisotopic (exact) mass is 272 g/mol. The standard InChI is InChI=1S/C14H13FN4O/c1-8-6-18-14(20)11-10-7-16-4-2-9(10)13(17-5-3-15)19-12(8)11/h2,4,6-7H,3,5H2,1H3,(H,17,19)(H,18,20). The minimum Gasteiger partial charge on any atom is -0.367 e. The average Bonchev–Trinajstić information content (AvgIpc) is 2.48. The Morgan fingerprint density at radius 3 is 3.05 bits per heavy atom. The second-order valence-corrected chi connectivity index (χ2v) is 4.52. The van der Waals surface area contributed by atoms with E-state index in [1.807, 2.05) is 6.92 Å². The molecule has 0 unspecified atom stereocenters. The molecule has 3 rings (SSSR count). The smallest absolute Gasteiger partial charge is 0.258 e. The van der Waals surface area contributed by atoms with E-state index >= 15 is 0 Å². The maximum absolute atomic E-state index is 12.4. The molecule has 0 saturated carbocycles. The lowest BCUT2D eigenvalue weighted by molar-refractivity contribution is 0.512. The Bertz CT molecular complexity index is 844. The quantitative estimate of drug-likeness (QED) is 0.717. The first-order chi connectivity index (χ1) is 9.72. The lowest BCUT2D eigenvalue weighted by atomic mass is 10.1. The summed E-state index contributed by atoms with van der Waals surface area (Å²) in [6, 6.07) is 1.77. The van der Waals surface area contributed by atoms with Gasteiger partial charge in [0.25, 0.3) is 5.56 Å². The number of aryl methyl sites for hydroxylation is 1. The number of fused-ring (bicyclic) bond motifs is 3. The zero-order valence-electron chi connectivity index (χ0n) is 10.9. The van der Waals surface area contributed by atoms with Gasteiger partial charge in [-0.1, -0.05) is 0 Å². The summed E-state index contributed by atoms with van der Waals surface area (Å²) in [6.45, 7) is 1.56. The van der Waals surface area contributed by atoms with Crippen LogP contribution < -0.4 is 10.9 Å². The van der Waals surface area contributed by atoms with Crippen molar-refractivity contribution in [1.29, 1.82) is 0 Å². The van der Waals surface area contributed by atoms with Crippen LogP contribution in [-0.2, 0) is 0 Å². The van der Waals surface area contributed by atoms with Crippen LogP contribution in [0.1, 0.15) is 5.56 Å². The van der Waals surface area contributed by atoms with Crippen molar-refractivity contribution in [2.75, 3.05) is 18.5 Å². The van der Waals surface area contributed by atoms with Crippen molar-refractivity contribution in [1.82, 2.24) is 15.0 Å². The fourth-order valence-corrected chi connectivity index (χ4v) is 2.29. The van der Waals surface area contributed by atoms with Crippen LogP contribution in [0.15, 0.2) is 29.5 Å². The summed E-state index contributed by atoms with van der Waals surface area (Å²) in [5, 5.41) is 4.94. The highest BCUT2D eigenvalue weighted by Gasteiger charge is 2.12. The van der Waals surface area contributed by atoms with E-state index in [0.717, 1.165) is 10.9 Å². The highest BCUT2D eigenvalue weighted by Crippen LogP contribution is 2.27. The minimum absolute atomic E-state index is 0.179. The van der Waals surface area contributed by atoms with Gasteiger partial charge in [-0.05, 0) is 18.6 Å². The van der Waals surface area contributed by atoms with Crippen molar-refractivity contribution in [2.45, 2.75) is 6.92 Å². The largest absolute Gasteiger partial charge is 0.367 e. The predicted molar refractivity (Wildman–Crippen MR) is 76.9 cm³/mol. The molecule has 0 radical (unpaired) electrons. The summed E-state index contributed by atoms with van der Waals surface area (Å²) in [5.41, 5.74) is 1.26. The molecule has 6 heteroatoms. The molecule has 0 spiro atoms. The zero-order chi connectivity index (χ0) is 14.1. The number of aromatic amines is 1. The van der Waals surface area contributed by atoms with Crippen LogP contribution in [0.5, 0.6) is 0 Å². The molecule has 0 aromatic carbocycles. The van der Waals surface area contributed by atoms with Crippen LogP contribution in [0.2, 0.25) is 0 Å². The first-order valence-electron chi connectivity index (χ1n) is 6.28. The number of anilines is 1. The molecule has 0 bridgehead atoms. The maximum atomic E-state index is 12.4. The minimum atomic E-state index is -0.485. The third kappa shape index (κ3) is 1.89. The third-order valence-electron chi connectivity index (χ3n) is 3.21. The number of halogens is 1. The molecule has 5 nitrogen and oxygen atoms in total. The molecule has 3 aromatic rings. The molecule has 0 aliphatic carbocycles. The Labute approximate surface area is 113 Å². The number of hydrogen-bond donors (Lipinski definition) is 2. The number of aromatic nitrogens is 3. The van der Waals surface area contributed by atoms with Crippen LogP contribution in [0, 0.1) is 6.92 Å². The van der Waals surface area contributed by atoms with Crippen LogP contribution in [-0.4, -0.2) is 28.2 Å². The van der Waals surface area contributed by atoms with Crippen molar-refractivity contribution < 1.29 is 4.39 Å². The molecule has 0 amide bonds. The van der Waals surface area contributed by atoms with E-state index in [1.165, 1.54) is 0 Å². The summed E-state index contributed by atoms with van der Waals surface area (Å²) in [6.07, 6.45) is 4.88. The Hall–Kier alpha value is -2.50. The fraction of sp³-hybridized carbons (Fsp3) is 0.214. The highest BCUT2D eigenvalue weighted by atomic mass is 19.1. The molecule has 2 N–H and O–H groups in total. The van der Waals surface area contributed by atoms with Crippen molar-refractivity contribution in [3.8, 4) is 0 Å². The van der Waals surface area contributed by atoms with E-state index in [2.05, 4.69) is 20.3 Å². The van der Waals surface area contributed by atoms with Gasteiger partial charge in [-0.15, -0.1) is 0 Å². The maximum Gasteiger partial charge on any atom is 0.258 e. The molecule has 0 atom stereocenters. The van der Waals surface area contributed by atoms with Crippen molar-refractivity contribution in [2.24, 2.45) is 0 Å². The molecular weight excluding hydrogens is 259 g/mol. The van der Waals surface area contributed by atoms with Gasteiger partial charge in [0, 0.05) is 35.9 Å². The second-order valence-electron chi connectivity index (χ2n) is 4.52. The van der Waals surface area contributed by atoms with Gasteiger partial charge < -0.3 is 10.3 Å². The molecule has 102 valence electrons. The number of H-pyrrole nitrogens is 1. The van der Waals surface area contributed by atoms with Crippen LogP contribution in [0.25, 0.3) is 21.7 Å². The molecule has 3 heterocycles. The molecule has 0 aliphatic heterocycles. The SMILES string of the molecule is Cc1c[nH]c(=O)c2c1nc(NCCF)c1ccncc12. The second kappa shape index (κ2) is 4.88. The van der Waals surface area contributed by atoms with E-state index in [9.17, 15) is 9.18 Å². The van der Waals surface area contributed by atoms with E-state index < -0.39 is 6.67 Å². The number of pyridine rings is 3. The predicted octanol–water partition coefficient (Wildman–Crippen LogP) is 2.16. The lowest BCUT2D eigenvalue weighted by Crippen LogP contribution is -2.11. The summed E-state index contributed by atoms with van der Waals surface area (Å²) in [7, 11) is 0. The first-order valence-corrected chi connectivity index (χ1v) is 6.28. The van der Waals surface area contributed by atoms with E-state index in [1.54, 1.807) is 24.7 Å². The molecule has 0 saturated heterocycles. The summed E-state index contributed by atoms with van der Waals surface area (Å²) in [5.74, 6) is 0.571. The number of nitrogens with zero attached hydrogens (tertiary/aromatic N) is 2. The van der Waals surface area contributed by atoms with Gasteiger partial charge in [0.2, 0.25) is 0 Å². The van der Waals surface area contributed by atoms with Crippen LogP contribution >= 0.6 is 0 Å². The summed E-state index contributed by atoms with van der Waals surface area (Å²) < 4.78 is 12.4. The summed E-state index contributed by atoms with van der Waals surface area (Å²) >= 11 is 0. The average molecular weight is 272 g/mol. The Morgan fingerprint density at radius 1 is 1.40 bits per heavy atom. The zero-order valence-corrected chi connectivity index (χ0v) is 10.9. The van der Waals surface area contributed by atoms with E-state index in [-0.39, 0.29) is 12.1 Å². The van der Waals surface area contributed by atoms with Crippen molar-refractivity contribution in [3.63, 3.8) is 0 Å². The topological polar surface area (TPSA) is 70.7 Å². The van der Waals surface area contributed by atoms with Gasteiger partial charge >= 0.3 is 0 Å². The molecule has 3 aromatic heterocycles. The fourth-order valence-electron chi connectivity index (χ4n) is 2.29. The van der Waals surface area contributed by atoms with Crippen LogP contribution in [0.3, 0.4) is 0 Å². The summed E-state index contributed by atoms with van der Waals surface area (Å²) in [4.78, 5) is 23.3. The number of nitrogens with one attached hydrogen (secondary N) is 2. The van der Waals surface area contributed by atoms with Crippen molar-refractivity contribution in [3.05, 3.63) is 40.6 Å². The van der Waals surface area contributed by atoms with E-state index in [4.69, 9.17) is 0 Å². The van der Waals surface area contributed by atoms with Gasteiger partial charge in [0.05, 0.1) is 10.9 Å². The number of alkyl halides is 1. The lowest BCUT2D eigenvalue weighted by Gasteiger charge is -2.10. The van der Waals surface area contributed by atoms with Gasteiger partial charge in [-0.2, -0.15) is 0 Å².